The van der Waals surface area contributed by atoms with Crippen LogP contribution in [0.4, 0.5) is 0 Å². The maximum atomic E-state index is 9.74. The molecule has 5 aliphatic rings. The lowest BCUT2D eigenvalue weighted by Gasteiger charge is -2.70. The van der Waals surface area contributed by atoms with Crippen molar-refractivity contribution in [2.24, 2.45) is 34.5 Å². The molecule has 0 heterocycles. The SMILES string of the molecule is OC[C@@H]1[C@H](CO)[C@H]2C=C[C@H]1[C@]13C=C[C@]21CC=CC3. The highest BCUT2D eigenvalue weighted by molar-refractivity contribution is 5.42. The van der Waals surface area contributed by atoms with Crippen molar-refractivity contribution in [2.75, 3.05) is 13.2 Å². The molecule has 96 valence electrons. The first-order valence-corrected chi connectivity index (χ1v) is 7.04. The van der Waals surface area contributed by atoms with Gasteiger partial charge in [-0.25, -0.2) is 0 Å². The first-order chi connectivity index (χ1) is 8.79. The Morgan fingerprint density at radius 3 is 1.61 bits per heavy atom. The standard InChI is InChI=1S/C16H20O2/c17-9-11-12(10-18)14-4-3-13(11)15-5-1-2-6-16(14,15)8-7-15/h1-4,7-8,11-14,17-18H,5-6,9-10H2/t11-,12+,13-,14-,15+,16-/m1/s1. The third kappa shape index (κ3) is 0.927. The van der Waals surface area contributed by atoms with Gasteiger partial charge in [0.05, 0.1) is 0 Å². The largest absolute Gasteiger partial charge is 0.396 e. The first kappa shape index (κ1) is 11.0. The van der Waals surface area contributed by atoms with Gasteiger partial charge in [-0.3, -0.25) is 0 Å². The van der Waals surface area contributed by atoms with Crippen LogP contribution in [0.25, 0.3) is 0 Å². The van der Waals surface area contributed by atoms with Gasteiger partial charge in [-0.2, -0.15) is 0 Å². The molecule has 0 radical (unpaired) electrons. The minimum Gasteiger partial charge on any atom is -0.396 e. The topological polar surface area (TPSA) is 40.5 Å². The van der Waals surface area contributed by atoms with E-state index >= 15 is 0 Å². The van der Waals surface area contributed by atoms with Crippen LogP contribution in [0, 0.1) is 34.5 Å². The molecule has 18 heavy (non-hydrogen) atoms. The lowest BCUT2D eigenvalue weighted by molar-refractivity contribution is -0.135. The van der Waals surface area contributed by atoms with E-state index in [0.29, 0.717) is 11.8 Å². The van der Waals surface area contributed by atoms with Crippen LogP contribution in [0.5, 0.6) is 0 Å². The summed E-state index contributed by atoms with van der Waals surface area (Å²) in [4.78, 5) is 0. The quantitative estimate of drug-likeness (QED) is 0.728. The van der Waals surface area contributed by atoms with E-state index in [0.717, 1.165) is 12.8 Å². The van der Waals surface area contributed by atoms with E-state index in [1.165, 1.54) is 0 Å². The van der Waals surface area contributed by atoms with Crippen molar-refractivity contribution in [1.82, 2.24) is 0 Å². The normalized spacial score (nSPS) is 55.0. The zero-order chi connectivity index (χ0) is 12.4. The summed E-state index contributed by atoms with van der Waals surface area (Å²) in [6.45, 7) is 0.401. The average molecular weight is 244 g/mol. The molecule has 1 fully saturated rings. The summed E-state index contributed by atoms with van der Waals surface area (Å²) in [5, 5.41) is 19.5. The molecule has 0 aromatic carbocycles. The van der Waals surface area contributed by atoms with Gasteiger partial charge in [-0.15, -0.1) is 0 Å². The Morgan fingerprint density at radius 2 is 1.28 bits per heavy atom. The fourth-order valence-corrected chi connectivity index (χ4v) is 5.36. The maximum absolute atomic E-state index is 9.74. The molecular formula is C16H20O2. The van der Waals surface area contributed by atoms with Crippen molar-refractivity contribution < 1.29 is 10.2 Å². The minimum atomic E-state index is 0.201. The average Bonchev–Trinajstić information content (AvgIpc) is 2.40. The highest BCUT2D eigenvalue weighted by atomic mass is 16.3. The molecule has 2 heteroatoms. The number of fused-ring (bicyclic) bond motifs is 1. The second-order valence-corrected chi connectivity index (χ2v) is 6.42. The Bertz CT molecular complexity index is 424. The zero-order valence-electron chi connectivity index (χ0n) is 10.5. The molecular weight excluding hydrogens is 224 g/mol. The van der Waals surface area contributed by atoms with Gasteiger partial charge >= 0.3 is 0 Å². The van der Waals surface area contributed by atoms with Crippen molar-refractivity contribution in [3.63, 3.8) is 0 Å². The Balaban J connectivity index is 1.88. The number of aliphatic hydroxyl groups is 2. The summed E-state index contributed by atoms with van der Waals surface area (Å²) in [6, 6.07) is 0. The Morgan fingerprint density at radius 1 is 0.833 bits per heavy atom. The van der Waals surface area contributed by atoms with Crippen LogP contribution < -0.4 is 0 Å². The van der Waals surface area contributed by atoms with E-state index in [4.69, 9.17) is 0 Å². The molecule has 5 aliphatic carbocycles. The lowest BCUT2D eigenvalue weighted by Crippen LogP contribution is -2.66. The van der Waals surface area contributed by atoms with Gasteiger partial charge in [0.1, 0.15) is 0 Å². The van der Waals surface area contributed by atoms with Gasteiger partial charge in [0, 0.05) is 24.0 Å². The molecule has 0 unspecified atom stereocenters. The van der Waals surface area contributed by atoms with Crippen LogP contribution in [0.15, 0.2) is 36.5 Å². The van der Waals surface area contributed by atoms with Gasteiger partial charge < -0.3 is 10.2 Å². The second-order valence-electron chi connectivity index (χ2n) is 6.42. The zero-order valence-corrected chi connectivity index (χ0v) is 10.5. The van der Waals surface area contributed by atoms with Gasteiger partial charge in [0.15, 0.2) is 0 Å². The number of allylic oxidation sites excluding steroid dienone is 6. The van der Waals surface area contributed by atoms with E-state index in [9.17, 15) is 10.2 Å². The smallest absolute Gasteiger partial charge is 0.0468 e. The summed E-state index contributed by atoms with van der Waals surface area (Å²) in [5.41, 5.74) is 0.473. The van der Waals surface area contributed by atoms with Gasteiger partial charge in [0.25, 0.3) is 0 Å². The van der Waals surface area contributed by atoms with Gasteiger partial charge in [0.2, 0.25) is 0 Å². The fourth-order valence-electron chi connectivity index (χ4n) is 5.36. The highest BCUT2D eigenvalue weighted by Gasteiger charge is 2.68. The molecule has 5 rings (SSSR count). The maximum Gasteiger partial charge on any atom is 0.0468 e. The molecule has 0 spiro atoms. The Hall–Kier alpha value is -0.860. The van der Waals surface area contributed by atoms with E-state index in [1.54, 1.807) is 0 Å². The number of hydrogen-bond donors (Lipinski definition) is 2. The van der Waals surface area contributed by atoms with Crippen molar-refractivity contribution >= 4 is 0 Å². The Kier molecular flexibility index (Phi) is 2.06. The molecule has 1 saturated carbocycles. The van der Waals surface area contributed by atoms with Crippen LogP contribution in [0.1, 0.15) is 12.8 Å². The molecule has 6 atom stereocenters. The summed E-state index contributed by atoms with van der Waals surface area (Å²) >= 11 is 0. The van der Waals surface area contributed by atoms with Crippen LogP contribution in [-0.4, -0.2) is 23.4 Å². The van der Waals surface area contributed by atoms with E-state index < -0.39 is 0 Å². The highest BCUT2D eigenvalue weighted by Crippen LogP contribution is 2.73. The molecule has 0 aromatic rings. The van der Waals surface area contributed by atoms with E-state index in [-0.39, 0.29) is 35.9 Å². The van der Waals surface area contributed by atoms with Crippen molar-refractivity contribution in [3.8, 4) is 0 Å². The molecule has 2 nitrogen and oxygen atoms in total. The summed E-state index contributed by atoms with van der Waals surface area (Å²) in [7, 11) is 0. The lowest BCUT2D eigenvalue weighted by atomic mass is 9.33. The molecule has 0 aliphatic heterocycles. The van der Waals surface area contributed by atoms with Crippen molar-refractivity contribution in [3.05, 3.63) is 36.5 Å². The number of hydrogen-bond acceptors (Lipinski definition) is 2. The summed E-state index contributed by atoms with van der Waals surface area (Å²) < 4.78 is 0. The molecule has 0 amide bonds. The van der Waals surface area contributed by atoms with E-state index in [2.05, 4.69) is 36.5 Å². The third-order valence-electron chi connectivity index (χ3n) is 6.23. The Labute approximate surface area is 108 Å². The fraction of sp³-hybridized carbons (Fsp3) is 0.625. The number of aliphatic hydroxyl groups excluding tert-OH is 2. The van der Waals surface area contributed by atoms with Crippen molar-refractivity contribution in [2.45, 2.75) is 12.8 Å². The summed E-state index contributed by atoms with van der Waals surface area (Å²) in [6.07, 6.45) is 16.2. The number of rotatable bonds is 2. The molecule has 2 bridgehead atoms. The minimum absolute atomic E-state index is 0.201. The van der Waals surface area contributed by atoms with Crippen LogP contribution in [0.2, 0.25) is 0 Å². The predicted molar refractivity (Wildman–Crippen MR) is 69.7 cm³/mol. The molecule has 0 saturated heterocycles. The second kappa shape index (κ2) is 3.37. The van der Waals surface area contributed by atoms with Crippen LogP contribution >= 0.6 is 0 Å². The van der Waals surface area contributed by atoms with Gasteiger partial charge in [-0.1, -0.05) is 36.5 Å². The van der Waals surface area contributed by atoms with Crippen LogP contribution in [0.3, 0.4) is 0 Å². The summed E-state index contributed by atoms with van der Waals surface area (Å²) in [5.74, 6) is 1.27. The monoisotopic (exact) mass is 244 g/mol. The predicted octanol–water partition coefficient (Wildman–Crippen LogP) is 1.91. The molecule has 2 N–H and O–H groups in total. The van der Waals surface area contributed by atoms with E-state index in [1.807, 2.05) is 0 Å². The molecule has 0 aromatic heterocycles. The first-order valence-electron chi connectivity index (χ1n) is 7.04. The third-order valence-corrected chi connectivity index (χ3v) is 6.23. The van der Waals surface area contributed by atoms with Gasteiger partial charge in [-0.05, 0) is 36.5 Å². The van der Waals surface area contributed by atoms with Crippen molar-refractivity contribution in [1.29, 1.82) is 0 Å². The van der Waals surface area contributed by atoms with Crippen LogP contribution in [-0.2, 0) is 0 Å².